The zero-order chi connectivity index (χ0) is 21.3. The number of methoxy groups -OCH3 is 1. The predicted molar refractivity (Wildman–Crippen MR) is 115 cm³/mol. The van der Waals surface area contributed by atoms with Crippen molar-refractivity contribution in [3.63, 3.8) is 0 Å². The number of carbonyl (C=O) groups excluding carboxylic acids is 1. The lowest BCUT2D eigenvalue weighted by Gasteiger charge is -2.12. The molecular formula is C23H27N3O4. The first-order valence-corrected chi connectivity index (χ1v) is 9.95. The van der Waals surface area contributed by atoms with Gasteiger partial charge in [0.15, 0.2) is 11.5 Å². The van der Waals surface area contributed by atoms with Crippen molar-refractivity contribution in [2.24, 2.45) is 0 Å². The van der Waals surface area contributed by atoms with Gasteiger partial charge in [0.05, 0.1) is 45.2 Å². The maximum atomic E-state index is 12.5. The summed E-state index contributed by atoms with van der Waals surface area (Å²) in [6.45, 7) is 5.51. The first-order chi connectivity index (χ1) is 14.6. The average Bonchev–Trinajstić information content (AvgIpc) is 3.16. The molecule has 1 amide bonds. The first-order valence-electron chi connectivity index (χ1n) is 9.95. The molecular weight excluding hydrogens is 382 g/mol. The molecule has 1 heterocycles. The fraction of sp³-hybridized carbons (Fsp3) is 0.304. The molecule has 30 heavy (non-hydrogen) atoms. The van der Waals surface area contributed by atoms with Gasteiger partial charge >= 0.3 is 0 Å². The summed E-state index contributed by atoms with van der Waals surface area (Å²) in [5, 5.41) is 7.21. The minimum atomic E-state index is -0.123. The van der Waals surface area contributed by atoms with E-state index in [0.29, 0.717) is 36.9 Å². The smallest absolute Gasteiger partial charge is 0.228 e. The summed E-state index contributed by atoms with van der Waals surface area (Å²) in [5.41, 5.74) is 2.57. The van der Waals surface area contributed by atoms with Gasteiger partial charge in [-0.2, -0.15) is 5.10 Å². The number of nitrogens with one attached hydrogen (secondary N) is 1. The van der Waals surface area contributed by atoms with Crippen LogP contribution < -0.4 is 19.5 Å². The monoisotopic (exact) mass is 409 g/mol. The van der Waals surface area contributed by atoms with Crippen molar-refractivity contribution >= 4 is 11.6 Å². The molecule has 158 valence electrons. The SMILES string of the molecule is CCOc1ccc(CC(=O)Nc2cnn(Cc3cccc(OC)c3)c2)cc1OCC. The number of ether oxygens (including phenoxy) is 3. The highest BCUT2D eigenvalue weighted by Crippen LogP contribution is 2.28. The van der Waals surface area contributed by atoms with E-state index in [2.05, 4.69) is 10.4 Å². The van der Waals surface area contributed by atoms with Crippen LogP contribution in [0.15, 0.2) is 54.9 Å². The van der Waals surface area contributed by atoms with Gasteiger partial charge in [0, 0.05) is 6.20 Å². The Hall–Kier alpha value is -3.48. The summed E-state index contributed by atoms with van der Waals surface area (Å²) < 4.78 is 18.2. The van der Waals surface area contributed by atoms with Crippen LogP contribution in [0.4, 0.5) is 5.69 Å². The maximum Gasteiger partial charge on any atom is 0.228 e. The van der Waals surface area contributed by atoms with Gasteiger partial charge in [-0.25, -0.2) is 0 Å². The summed E-state index contributed by atoms with van der Waals surface area (Å²) in [5.74, 6) is 2.01. The van der Waals surface area contributed by atoms with Gasteiger partial charge in [0.25, 0.3) is 0 Å². The van der Waals surface area contributed by atoms with Gasteiger partial charge in [0.2, 0.25) is 5.91 Å². The van der Waals surface area contributed by atoms with Gasteiger partial charge in [-0.1, -0.05) is 18.2 Å². The van der Waals surface area contributed by atoms with E-state index in [1.165, 1.54) is 0 Å². The summed E-state index contributed by atoms with van der Waals surface area (Å²) in [4.78, 5) is 12.5. The molecule has 0 bridgehead atoms. The van der Waals surface area contributed by atoms with Gasteiger partial charge in [0.1, 0.15) is 5.75 Å². The fourth-order valence-electron chi connectivity index (χ4n) is 3.07. The second-order valence-corrected chi connectivity index (χ2v) is 6.65. The largest absolute Gasteiger partial charge is 0.497 e. The average molecular weight is 409 g/mol. The molecule has 3 aromatic rings. The van der Waals surface area contributed by atoms with Crippen LogP contribution in [0, 0.1) is 0 Å². The topological polar surface area (TPSA) is 74.6 Å². The molecule has 7 nitrogen and oxygen atoms in total. The molecule has 0 fully saturated rings. The number of carbonyl (C=O) groups is 1. The molecule has 1 N–H and O–H groups in total. The number of anilines is 1. The van der Waals surface area contributed by atoms with Crippen LogP contribution in [0.5, 0.6) is 17.2 Å². The Labute approximate surface area is 176 Å². The predicted octanol–water partition coefficient (Wildman–Crippen LogP) is 3.92. The third kappa shape index (κ3) is 5.76. The minimum absolute atomic E-state index is 0.123. The van der Waals surface area contributed by atoms with Gasteiger partial charge in [-0.3, -0.25) is 9.48 Å². The molecule has 0 aliphatic heterocycles. The van der Waals surface area contributed by atoms with Crippen molar-refractivity contribution in [1.82, 2.24) is 9.78 Å². The second-order valence-electron chi connectivity index (χ2n) is 6.65. The molecule has 7 heteroatoms. The van der Waals surface area contributed by atoms with E-state index < -0.39 is 0 Å². The lowest BCUT2D eigenvalue weighted by Crippen LogP contribution is -2.14. The van der Waals surface area contributed by atoms with Crippen LogP contribution in [0.1, 0.15) is 25.0 Å². The Balaban J connectivity index is 1.60. The number of hydrogen-bond acceptors (Lipinski definition) is 5. The van der Waals surface area contributed by atoms with Crippen LogP contribution in [-0.4, -0.2) is 36.0 Å². The fourth-order valence-corrected chi connectivity index (χ4v) is 3.07. The van der Waals surface area contributed by atoms with Crippen molar-refractivity contribution in [3.8, 4) is 17.2 Å². The highest BCUT2D eigenvalue weighted by Gasteiger charge is 2.11. The number of amides is 1. The third-order valence-electron chi connectivity index (χ3n) is 4.37. The molecule has 0 spiro atoms. The van der Waals surface area contributed by atoms with Crippen LogP contribution in [-0.2, 0) is 17.8 Å². The lowest BCUT2D eigenvalue weighted by molar-refractivity contribution is -0.115. The zero-order valence-electron chi connectivity index (χ0n) is 17.6. The van der Waals surface area contributed by atoms with E-state index in [-0.39, 0.29) is 12.3 Å². The highest BCUT2D eigenvalue weighted by molar-refractivity contribution is 5.92. The number of hydrogen-bond donors (Lipinski definition) is 1. The standard InChI is InChI=1S/C23H27N3O4/c1-4-29-21-10-9-17(12-22(21)30-5-2)13-23(27)25-19-14-24-26(16-19)15-18-7-6-8-20(11-18)28-3/h6-12,14,16H,4-5,13,15H2,1-3H3,(H,25,27). The van der Waals surface area contributed by atoms with Crippen molar-refractivity contribution in [1.29, 1.82) is 0 Å². The number of rotatable bonds is 10. The number of nitrogens with zero attached hydrogens (tertiary/aromatic N) is 2. The molecule has 0 atom stereocenters. The van der Waals surface area contributed by atoms with Crippen LogP contribution in [0.2, 0.25) is 0 Å². The number of benzene rings is 2. The Bertz CT molecular complexity index is 984. The van der Waals surface area contributed by atoms with E-state index in [0.717, 1.165) is 16.9 Å². The van der Waals surface area contributed by atoms with Crippen LogP contribution in [0.25, 0.3) is 0 Å². The van der Waals surface area contributed by atoms with Crippen LogP contribution in [0.3, 0.4) is 0 Å². The zero-order valence-corrected chi connectivity index (χ0v) is 17.6. The summed E-state index contributed by atoms with van der Waals surface area (Å²) in [7, 11) is 1.64. The summed E-state index contributed by atoms with van der Waals surface area (Å²) in [6, 6.07) is 13.4. The van der Waals surface area contributed by atoms with Crippen molar-refractivity contribution in [3.05, 3.63) is 66.0 Å². The second kappa shape index (κ2) is 10.3. The van der Waals surface area contributed by atoms with Crippen molar-refractivity contribution < 1.29 is 19.0 Å². The van der Waals surface area contributed by atoms with E-state index in [9.17, 15) is 4.79 Å². The molecule has 0 aliphatic rings. The summed E-state index contributed by atoms with van der Waals surface area (Å²) in [6.07, 6.45) is 3.68. The third-order valence-corrected chi connectivity index (χ3v) is 4.37. The van der Waals surface area contributed by atoms with E-state index in [1.54, 1.807) is 24.2 Å². The summed E-state index contributed by atoms with van der Waals surface area (Å²) >= 11 is 0. The quantitative estimate of drug-likeness (QED) is 0.549. The van der Waals surface area contributed by atoms with Gasteiger partial charge in [-0.15, -0.1) is 0 Å². The van der Waals surface area contributed by atoms with E-state index >= 15 is 0 Å². The number of aromatic nitrogens is 2. The molecule has 1 aromatic heterocycles. The molecule has 0 aliphatic carbocycles. The highest BCUT2D eigenvalue weighted by atomic mass is 16.5. The van der Waals surface area contributed by atoms with Gasteiger partial charge < -0.3 is 19.5 Å². The van der Waals surface area contributed by atoms with E-state index in [1.807, 2.05) is 56.3 Å². The molecule has 0 radical (unpaired) electrons. The molecule has 0 saturated carbocycles. The van der Waals surface area contributed by atoms with Crippen molar-refractivity contribution in [2.75, 3.05) is 25.6 Å². The van der Waals surface area contributed by atoms with Crippen LogP contribution >= 0.6 is 0 Å². The molecule has 2 aromatic carbocycles. The molecule has 0 saturated heterocycles. The molecule has 3 rings (SSSR count). The molecule has 0 unspecified atom stereocenters. The van der Waals surface area contributed by atoms with Gasteiger partial charge in [-0.05, 0) is 49.2 Å². The normalized spacial score (nSPS) is 10.5. The van der Waals surface area contributed by atoms with E-state index in [4.69, 9.17) is 14.2 Å². The Morgan fingerprint density at radius 2 is 1.83 bits per heavy atom. The first kappa shape index (κ1) is 21.2. The Kier molecular flexibility index (Phi) is 7.32. The Morgan fingerprint density at radius 1 is 1.03 bits per heavy atom. The minimum Gasteiger partial charge on any atom is -0.497 e. The maximum absolute atomic E-state index is 12.5. The van der Waals surface area contributed by atoms with Crippen molar-refractivity contribution in [2.45, 2.75) is 26.8 Å². The Morgan fingerprint density at radius 3 is 2.60 bits per heavy atom. The lowest BCUT2D eigenvalue weighted by atomic mass is 10.1.